The van der Waals surface area contributed by atoms with Crippen molar-refractivity contribution in [3.05, 3.63) is 0 Å². The lowest BCUT2D eigenvalue weighted by molar-refractivity contribution is -0.120. The molecule has 1 fully saturated rings. The van der Waals surface area contributed by atoms with E-state index in [0.29, 0.717) is 6.42 Å². The van der Waals surface area contributed by atoms with Crippen LogP contribution in [-0.2, 0) is 4.79 Å². The number of nitrogens with one attached hydrogen (secondary N) is 2. The van der Waals surface area contributed by atoms with Crippen molar-refractivity contribution < 1.29 is 9.59 Å². The molecule has 0 aromatic carbocycles. The predicted molar refractivity (Wildman–Crippen MR) is 51.5 cm³/mol. The molecule has 6 heteroatoms. The molecule has 1 heterocycles. The molecule has 1 unspecified atom stereocenters. The monoisotopic (exact) mass is 203 g/mol. The van der Waals surface area contributed by atoms with Crippen molar-refractivity contribution in [1.29, 1.82) is 0 Å². The van der Waals surface area contributed by atoms with Gasteiger partial charge in [-0.1, -0.05) is 0 Å². The molecule has 0 spiro atoms. The average Bonchev–Trinajstić information content (AvgIpc) is 2.04. The molecule has 0 radical (unpaired) electrons. The lowest BCUT2D eigenvalue weighted by Gasteiger charge is -2.22. The fourth-order valence-corrected chi connectivity index (χ4v) is 2.11. The average molecular weight is 203 g/mol. The summed E-state index contributed by atoms with van der Waals surface area (Å²) in [4.78, 5) is 21.4. The van der Waals surface area contributed by atoms with Crippen LogP contribution in [0.5, 0.6) is 0 Å². The zero-order chi connectivity index (χ0) is 9.68. The quantitative estimate of drug-likeness (QED) is 0.553. The van der Waals surface area contributed by atoms with Crippen LogP contribution in [0, 0.1) is 0 Å². The van der Waals surface area contributed by atoms with E-state index >= 15 is 0 Å². The molecule has 13 heavy (non-hydrogen) atoms. The summed E-state index contributed by atoms with van der Waals surface area (Å²) >= 11 is 1.81. The second-order valence-electron chi connectivity index (χ2n) is 2.84. The second-order valence-corrected chi connectivity index (χ2v) is 3.99. The summed E-state index contributed by atoms with van der Waals surface area (Å²) in [5.74, 6) is 1.67. The number of carbonyl (C=O) groups is 2. The van der Waals surface area contributed by atoms with E-state index in [4.69, 9.17) is 5.73 Å². The van der Waals surface area contributed by atoms with E-state index in [0.717, 1.165) is 18.1 Å². The van der Waals surface area contributed by atoms with E-state index in [1.54, 1.807) is 11.8 Å². The first kappa shape index (κ1) is 10.3. The Kier molecular flexibility index (Phi) is 4.04. The Morgan fingerprint density at radius 1 is 1.62 bits per heavy atom. The van der Waals surface area contributed by atoms with Crippen molar-refractivity contribution in [1.82, 2.24) is 10.6 Å². The SMILES string of the molecule is NC(=O)NC(=O)CC1CSCCN1. The van der Waals surface area contributed by atoms with Crippen LogP contribution in [0.1, 0.15) is 6.42 Å². The lowest BCUT2D eigenvalue weighted by atomic mass is 10.2. The Morgan fingerprint density at radius 2 is 2.38 bits per heavy atom. The molecular weight excluding hydrogens is 190 g/mol. The van der Waals surface area contributed by atoms with Crippen molar-refractivity contribution in [3.63, 3.8) is 0 Å². The molecule has 5 nitrogen and oxygen atoms in total. The molecule has 0 saturated carbocycles. The van der Waals surface area contributed by atoms with Crippen molar-refractivity contribution in [3.8, 4) is 0 Å². The highest BCUT2D eigenvalue weighted by Crippen LogP contribution is 2.09. The van der Waals surface area contributed by atoms with Crippen molar-refractivity contribution in [2.75, 3.05) is 18.1 Å². The van der Waals surface area contributed by atoms with E-state index in [2.05, 4.69) is 5.32 Å². The zero-order valence-electron chi connectivity index (χ0n) is 7.21. The lowest BCUT2D eigenvalue weighted by Crippen LogP contribution is -2.43. The number of carbonyl (C=O) groups excluding carboxylic acids is 2. The first-order valence-corrected chi connectivity index (χ1v) is 5.24. The Bertz CT molecular complexity index is 204. The van der Waals surface area contributed by atoms with Gasteiger partial charge in [-0.15, -0.1) is 0 Å². The normalized spacial score (nSPS) is 22.3. The van der Waals surface area contributed by atoms with Crippen LogP contribution in [0.25, 0.3) is 0 Å². The topological polar surface area (TPSA) is 84.2 Å². The van der Waals surface area contributed by atoms with E-state index in [1.165, 1.54) is 0 Å². The van der Waals surface area contributed by atoms with Gasteiger partial charge in [-0.25, -0.2) is 4.79 Å². The minimum Gasteiger partial charge on any atom is -0.351 e. The summed E-state index contributed by atoms with van der Waals surface area (Å²) < 4.78 is 0. The summed E-state index contributed by atoms with van der Waals surface area (Å²) in [7, 11) is 0. The van der Waals surface area contributed by atoms with Gasteiger partial charge in [0.2, 0.25) is 5.91 Å². The fraction of sp³-hybridized carbons (Fsp3) is 0.714. The number of amides is 3. The number of hydrogen-bond donors (Lipinski definition) is 3. The minimum atomic E-state index is -0.784. The Balaban J connectivity index is 2.22. The molecule has 74 valence electrons. The largest absolute Gasteiger partial charge is 0.351 e. The van der Waals surface area contributed by atoms with Gasteiger partial charge in [0.15, 0.2) is 0 Å². The van der Waals surface area contributed by atoms with Crippen LogP contribution in [0.3, 0.4) is 0 Å². The summed E-state index contributed by atoms with van der Waals surface area (Å²) in [6.07, 6.45) is 0.315. The molecule has 1 aliphatic rings. The number of primary amides is 1. The van der Waals surface area contributed by atoms with Gasteiger partial charge >= 0.3 is 6.03 Å². The van der Waals surface area contributed by atoms with Crippen molar-refractivity contribution in [2.24, 2.45) is 5.73 Å². The molecule has 1 atom stereocenters. The fourth-order valence-electron chi connectivity index (χ4n) is 1.16. The summed E-state index contributed by atoms with van der Waals surface area (Å²) in [5.41, 5.74) is 4.80. The highest BCUT2D eigenvalue weighted by Gasteiger charge is 2.16. The van der Waals surface area contributed by atoms with Gasteiger partial charge in [0.25, 0.3) is 0 Å². The summed E-state index contributed by atoms with van der Waals surface area (Å²) in [5, 5.41) is 5.23. The molecule has 0 aliphatic carbocycles. The van der Waals surface area contributed by atoms with Gasteiger partial charge in [-0.05, 0) is 0 Å². The van der Waals surface area contributed by atoms with E-state index in [9.17, 15) is 9.59 Å². The third-order valence-corrected chi connectivity index (χ3v) is 2.82. The van der Waals surface area contributed by atoms with Gasteiger partial charge in [0.05, 0.1) is 0 Å². The third-order valence-electron chi connectivity index (χ3n) is 1.69. The molecule has 0 aromatic rings. The zero-order valence-corrected chi connectivity index (χ0v) is 8.02. The number of thioether (sulfide) groups is 1. The number of nitrogens with two attached hydrogens (primary N) is 1. The maximum absolute atomic E-state index is 11.1. The van der Waals surface area contributed by atoms with Crippen LogP contribution < -0.4 is 16.4 Å². The third kappa shape index (κ3) is 4.14. The van der Waals surface area contributed by atoms with Gasteiger partial charge < -0.3 is 11.1 Å². The van der Waals surface area contributed by atoms with Crippen molar-refractivity contribution >= 4 is 23.7 Å². The molecule has 0 bridgehead atoms. The summed E-state index contributed by atoms with van der Waals surface area (Å²) in [6.45, 7) is 0.916. The van der Waals surface area contributed by atoms with Gasteiger partial charge in [0, 0.05) is 30.5 Å². The molecular formula is C7H13N3O2S. The maximum Gasteiger partial charge on any atom is 0.318 e. The Labute approximate surface area is 80.8 Å². The summed E-state index contributed by atoms with van der Waals surface area (Å²) in [6, 6.07) is -0.619. The first-order chi connectivity index (χ1) is 6.18. The van der Waals surface area contributed by atoms with E-state index in [1.807, 2.05) is 5.32 Å². The minimum absolute atomic E-state index is 0.165. The van der Waals surface area contributed by atoms with Gasteiger partial charge in [0.1, 0.15) is 0 Å². The molecule has 3 amide bonds. The molecule has 4 N–H and O–H groups in total. The molecule has 1 rings (SSSR count). The maximum atomic E-state index is 11.1. The number of rotatable bonds is 2. The van der Waals surface area contributed by atoms with Crippen LogP contribution in [-0.4, -0.2) is 36.0 Å². The number of hydrogen-bond acceptors (Lipinski definition) is 4. The number of urea groups is 1. The smallest absolute Gasteiger partial charge is 0.318 e. The van der Waals surface area contributed by atoms with Crippen LogP contribution in [0.2, 0.25) is 0 Å². The van der Waals surface area contributed by atoms with Crippen LogP contribution in [0.15, 0.2) is 0 Å². The van der Waals surface area contributed by atoms with E-state index in [-0.39, 0.29) is 11.9 Å². The first-order valence-electron chi connectivity index (χ1n) is 4.09. The highest BCUT2D eigenvalue weighted by atomic mass is 32.2. The highest BCUT2D eigenvalue weighted by molar-refractivity contribution is 7.99. The van der Waals surface area contributed by atoms with Gasteiger partial charge in [-0.3, -0.25) is 10.1 Å². The molecule has 0 aromatic heterocycles. The second kappa shape index (κ2) is 5.08. The molecule has 1 saturated heterocycles. The van der Waals surface area contributed by atoms with Crippen molar-refractivity contribution in [2.45, 2.75) is 12.5 Å². The van der Waals surface area contributed by atoms with Gasteiger partial charge in [-0.2, -0.15) is 11.8 Å². The van der Waals surface area contributed by atoms with Crippen LogP contribution in [0.4, 0.5) is 4.79 Å². The number of imide groups is 1. The molecule has 1 aliphatic heterocycles. The Morgan fingerprint density at radius 3 is 2.92 bits per heavy atom. The van der Waals surface area contributed by atoms with E-state index < -0.39 is 6.03 Å². The predicted octanol–water partition coefficient (Wildman–Crippen LogP) is -0.724. The Hall–Kier alpha value is -0.750. The van der Waals surface area contributed by atoms with Crippen LogP contribution >= 0.6 is 11.8 Å². The standard InChI is InChI=1S/C7H13N3O2S/c8-7(12)10-6(11)3-5-4-13-2-1-9-5/h5,9H,1-4H2,(H3,8,10,11,12).